The van der Waals surface area contributed by atoms with Gasteiger partial charge >= 0.3 is 0 Å². The fourth-order valence-corrected chi connectivity index (χ4v) is 2.00. The molecule has 0 aromatic carbocycles. The van der Waals surface area contributed by atoms with Gasteiger partial charge in [0, 0.05) is 7.11 Å². The largest absolute Gasteiger partial charge is 0.394 e. The highest BCUT2D eigenvalue weighted by atomic mass is 16.6. The van der Waals surface area contributed by atoms with Crippen molar-refractivity contribution in [3.63, 3.8) is 0 Å². The molecule has 6 heteroatoms. The van der Waals surface area contributed by atoms with Crippen LogP contribution in [0.4, 0.5) is 0 Å². The Morgan fingerprint density at radius 1 is 1.65 bits per heavy atom. The summed E-state index contributed by atoms with van der Waals surface area (Å²) in [5, 5.41) is 21.8. The molecule has 0 aliphatic carbocycles. The number of aliphatic hydroxyl groups excluding tert-OH is 2. The summed E-state index contributed by atoms with van der Waals surface area (Å²) in [6.07, 6.45) is -1.50. The van der Waals surface area contributed by atoms with Gasteiger partial charge in [-0.25, -0.2) is 0 Å². The molecule has 0 saturated carbocycles. The summed E-state index contributed by atoms with van der Waals surface area (Å²) in [6, 6.07) is -0.590. The number of methoxy groups -OCH3 is 1. The van der Waals surface area contributed by atoms with Crippen LogP contribution in [0.3, 0.4) is 0 Å². The first kappa shape index (κ1) is 14.1. The number of carbonyl (C=O) groups is 1. The van der Waals surface area contributed by atoms with Crippen LogP contribution in [-0.2, 0) is 14.3 Å². The average Bonchev–Trinajstić information content (AvgIpc) is 2.33. The monoisotopic (exact) mass is 245 g/mol. The molecule has 0 aromatic heterocycles. The zero-order chi connectivity index (χ0) is 13.0. The molecule has 0 radical (unpaired) electrons. The minimum absolute atomic E-state index is 0.248. The molecular formula is C11H19NO5. The standard InChI is InChI=1S/C11H19NO5/c1-4-8(14)12-9-6(2)17-7(5-13)11(16-3)10(9)15/h4,6-7,9-11,13,15H,1,5H2,2-3H3,(H,12,14)/t6?,7?,9-,10-,11-/m1/s1. The molecule has 0 bridgehead atoms. The van der Waals surface area contributed by atoms with E-state index < -0.39 is 30.5 Å². The Bertz CT molecular complexity index is 283. The maximum absolute atomic E-state index is 11.2. The summed E-state index contributed by atoms with van der Waals surface area (Å²) in [4.78, 5) is 11.2. The van der Waals surface area contributed by atoms with E-state index in [0.717, 1.165) is 6.08 Å². The minimum atomic E-state index is -0.940. The molecule has 17 heavy (non-hydrogen) atoms. The summed E-state index contributed by atoms with van der Waals surface area (Å²) in [7, 11) is 1.42. The summed E-state index contributed by atoms with van der Waals surface area (Å²) in [5.74, 6) is -0.387. The lowest BCUT2D eigenvalue weighted by atomic mass is 9.93. The minimum Gasteiger partial charge on any atom is -0.394 e. The lowest BCUT2D eigenvalue weighted by molar-refractivity contribution is -0.199. The number of amides is 1. The maximum atomic E-state index is 11.2. The molecule has 2 unspecified atom stereocenters. The molecule has 6 nitrogen and oxygen atoms in total. The van der Waals surface area contributed by atoms with E-state index in [1.54, 1.807) is 6.92 Å². The second-order valence-electron chi connectivity index (χ2n) is 3.99. The number of rotatable bonds is 4. The molecule has 3 N–H and O–H groups in total. The van der Waals surface area contributed by atoms with Gasteiger partial charge in [0.15, 0.2) is 0 Å². The van der Waals surface area contributed by atoms with Crippen LogP contribution in [0.5, 0.6) is 0 Å². The van der Waals surface area contributed by atoms with E-state index in [1.165, 1.54) is 7.11 Å². The maximum Gasteiger partial charge on any atom is 0.243 e. The quantitative estimate of drug-likeness (QED) is 0.542. The zero-order valence-corrected chi connectivity index (χ0v) is 10.00. The van der Waals surface area contributed by atoms with Crippen molar-refractivity contribution in [2.75, 3.05) is 13.7 Å². The van der Waals surface area contributed by atoms with Gasteiger partial charge in [0.1, 0.15) is 18.3 Å². The molecule has 5 atom stereocenters. The molecule has 1 aliphatic heterocycles. The van der Waals surface area contributed by atoms with E-state index in [2.05, 4.69) is 11.9 Å². The normalized spacial score (nSPS) is 37.5. The molecule has 1 saturated heterocycles. The number of aliphatic hydroxyl groups is 2. The third-order valence-corrected chi connectivity index (χ3v) is 2.91. The van der Waals surface area contributed by atoms with Crippen LogP contribution in [0.1, 0.15) is 6.92 Å². The van der Waals surface area contributed by atoms with Gasteiger partial charge in [-0.3, -0.25) is 4.79 Å². The van der Waals surface area contributed by atoms with Gasteiger partial charge in [-0.15, -0.1) is 0 Å². The predicted molar refractivity (Wildman–Crippen MR) is 60.4 cm³/mol. The van der Waals surface area contributed by atoms with Gasteiger partial charge in [-0.05, 0) is 13.0 Å². The smallest absolute Gasteiger partial charge is 0.243 e. The van der Waals surface area contributed by atoms with Crippen LogP contribution in [0, 0.1) is 0 Å². The van der Waals surface area contributed by atoms with E-state index in [9.17, 15) is 9.90 Å². The van der Waals surface area contributed by atoms with Gasteiger partial charge in [-0.1, -0.05) is 6.58 Å². The summed E-state index contributed by atoms with van der Waals surface area (Å²) >= 11 is 0. The summed E-state index contributed by atoms with van der Waals surface area (Å²) in [6.45, 7) is 4.81. The molecule has 1 amide bonds. The Morgan fingerprint density at radius 2 is 2.29 bits per heavy atom. The number of ether oxygens (including phenoxy) is 2. The Balaban J connectivity index is 2.77. The number of hydrogen-bond acceptors (Lipinski definition) is 5. The van der Waals surface area contributed by atoms with Gasteiger partial charge < -0.3 is 25.0 Å². The van der Waals surface area contributed by atoms with Crippen LogP contribution in [0.15, 0.2) is 12.7 Å². The molecule has 1 rings (SSSR count). The summed E-state index contributed by atoms with van der Waals surface area (Å²) < 4.78 is 10.6. The highest BCUT2D eigenvalue weighted by Gasteiger charge is 2.43. The highest BCUT2D eigenvalue weighted by molar-refractivity contribution is 5.87. The number of nitrogens with one attached hydrogen (secondary N) is 1. The first-order valence-corrected chi connectivity index (χ1v) is 5.45. The average molecular weight is 245 g/mol. The topological polar surface area (TPSA) is 88.0 Å². The Morgan fingerprint density at radius 3 is 2.76 bits per heavy atom. The molecule has 1 fully saturated rings. The molecule has 1 aliphatic rings. The Kier molecular flexibility index (Phi) is 5.07. The first-order valence-electron chi connectivity index (χ1n) is 5.45. The van der Waals surface area contributed by atoms with Crippen molar-refractivity contribution in [3.05, 3.63) is 12.7 Å². The number of carbonyl (C=O) groups excluding carboxylic acids is 1. The van der Waals surface area contributed by atoms with E-state index in [1.807, 2.05) is 0 Å². The zero-order valence-electron chi connectivity index (χ0n) is 10.00. The third-order valence-electron chi connectivity index (χ3n) is 2.91. The first-order chi connectivity index (χ1) is 8.04. The van der Waals surface area contributed by atoms with Crippen molar-refractivity contribution in [1.29, 1.82) is 0 Å². The van der Waals surface area contributed by atoms with Crippen LogP contribution in [-0.4, -0.2) is 60.3 Å². The molecular weight excluding hydrogens is 226 g/mol. The lowest BCUT2D eigenvalue weighted by Gasteiger charge is -2.42. The van der Waals surface area contributed by atoms with Gasteiger partial charge in [0.05, 0.1) is 18.8 Å². The van der Waals surface area contributed by atoms with Crippen LogP contribution in [0.25, 0.3) is 0 Å². The third kappa shape index (κ3) is 3.04. The van der Waals surface area contributed by atoms with E-state index >= 15 is 0 Å². The lowest BCUT2D eigenvalue weighted by Crippen LogP contribution is -2.63. The Hall–Kier alpha value is -0.950. The van der Waals surface area contributed by atoms with Crippen LogP contribution < -0.4 is 5.32 Å². The van der Waals surface area contributed by atoms with Crippen molar-refractivity contribution >= 4 is 5.91 Å². The van der Waals surface area contributed by atoms with Crippen LogP contribution in [0.2, 0.25) is 0 Å². The Labute approximate surface area is 100 Å². The van der Waals surface area contributed by atoms with E-state index in [4.69, 9.17) is 14.6 Å². The van der Waals surface area contributed by atoms with E-state index in [0.29, 0.717) is 0 Å². The fraction of sp³-hybridized carbons (Fsp3) is 0.727. The van der Waals surface area contributed by atoms with Gasteiger partial charge in [0.25, 0.3) is 0 Å². The second kappa shape index (κ2) is 6.11. The van der Waals surface area contributed by atoms with Gasteiger partial charge in [0.2, 0.25) is 5.91 Å². The molecule has 0 spiro atoms. The SMILES string of the molecule is C=CC(=O)N[C@@H]1C(C)OC(CO)[C@@H](OC)[C@@H]1O. The predicted octanol–water partition coefficient (Wildman–Crippen LogP) is -1.19. The molecule has 0 aromatic rings. The van der Waals surface area contributed by atoms with Crippen LogP contribution >= 0.6 is 0 Å². The van der Waals surface area contributed by atoms with E-state index in [-0.39, 0.29) is 12.5 Å². The van der Waals surface area contributed by atoms with Crippen molar-refractivity contribution in [3.8, 4) is 0 Å². The fourth-order valence-electron chi connectivity index (χ4n) is 2.00. The second-order valence-corrected chi connectivity index (χ2v) is 3.99. The van der Waals surface area contributed by atoms with Crippen molar-refractivity contribution in [2.45, 2.75) is 37.4 Å². The number of hydrogen-bond donors (Lipinski definition) is 3. The van der Waals surface area contributed by atoms with Crippen molar-refractivity contribution in [2.24, 2.45) is 0 Å². The van der Waals surface area contributed by atoms with Crippen molar-refractivity contribution < 1.29 is 24.5 Å². The van der Waals surface area contributed by atoms with Gasteiger partial charge in [-0.2, -0.15) is 0 Å². The molecule has 1 heterocycles. The summed E-state index contributed by atoms with van der Waals surface area (Å²) in [5.41, 5.74) is 0. The molecule has 98 valence electrons. The van der Waals surface area contributed by atoms with Crippen molar-refractivity contribution in [1.82, 2.24) is 5.32 Å². The highest BCUT2D eigenvalue weighted by Crippen LogP contribution is 2.22.